The molecule has 2 rings (SSSR count). The average molecular weight is 238 g/mol. The van der Waals surface area contributed by atoms with E-state index in [1.54, 1.807) is 0 Å². The van der Waals surface area contributed by atoms with E-state index in [-0.39, 0.29) is 12.5 Å². The van der Waals surface area contributed by atoms with Gasteiger partial charge in [-0.25, -0.2) is 4.98 Å². The van der Waals surface area contributed by atoms with Crippen LogP contribution in [0.3, 0.4) is 0 Å². The van der Waals surface area contributed by atoms with Crippen molar-refractivity contribution < 1.29 is 14.3 Å². The molecular formula is C12H18N2O3. The summed E-state index contributed by atoms with van der Waals surface area (Å²) in [5.74, 6) is 0.204. The van der Waals surface area contributed by atoms with Crippen molar-refractivity contribution in [2.45, 2.75) is 45.2 Å². The summed E-state index contributed by atoms with van der Waals surface area (Å²) in [4.78, 5) is 17.1. The number of rotatable bonds is 4. The molecule has 1 atom stereocenters. The smallest absolute Gasteiger partial charge is 0.311 e. The number of carbonyl (C=O) groups is 1. The molecule has 1 aromatic rings. The normalized spacial score (nSPS) is 21.2. The van der Waals surface area contributed by atoms with Crippen LogP contribution in [0.1, 0.15) is 44.4 Å². The van der Waals surface area contributed by atoms with Crippen LogP contribution >= 0.6 is 0 Å². The van der Waals surface area contributed by atoms with E-state index in [1.165, 1.54) is 6.20 Å². The van der Waals surface area contributed by atoms with E-state index in [4.69, 9.17) is 9.52 Å². The van der Waals surface area contributed by atoms with Crippen molar-refractivity contribution in [1.29, 1.82) is 0 Å². The minimum atomic E-state index is -0.889. The van der Waals surface area contributed by atoms with Crippen LogP contribution in [0, 0.1) is 0 Å². The first kappa shape index (κ1) is 12.1. The summed E-state index contributed by atoms with van der Waals surface area (Å²) in [6.07, 6.45) is 3.60. The van der Waals surface area contributed by atoms with Gasteiger partial charge in [0.2, 0.25) is 5.89 Å². The zero-order valence-electron chi connectivity index (χ0n) is 10.2. The number of nitrogens with zero attached hydrogens (tertiary/aromatic N) is 2. The van der Waals surface area contributed by atoms with E-state index in [0.29, 0.717) is 17.7 Å². The van der Waals surface area contributed by atoms with E-state index in [1.807, 2.05) is 0 Å². The number of carboxylic acid groups (broad SMARTS) is 1. The van der Waals surface area contributed by atoms with Gasteiger partial charge in [-0.1, -0.05) is 0 Å². The molecule has 17 heavy (non-hydrogen) atoms. The minimum Gasteiger partial charge on any atom is -0.481 e. The van der Waals surface area contributed by atoms with E-state index in [9.17, 15) is 4.79 Å². The Kier molecular flexibility index (Phi) is 3.47. The highest BCUT2D eigenvalue weighted by molar-refractivity contribution is 5.69. The quantitative estimate of drug-likeness (QED) is 0.867. The predicted molar refractivity (Wildman–Crippen MR) is 61.7 cm³/mol. The number of oxazole rings is 1. The highest BCUT2D eigenvalue weighted by Gasteiger charge is 2.31. The highest BCUT2D eigenvalue weighted by atomic mass is 16.4. The molecule has 0 bridgehead atoms. The van der Waals surface area contributed by atoms with Gasteiger partial charge in [0.15, 0.2) is 0 Å². The van der Waals surface area contributed by atoms with Gasteiger partial charge in [0.05, 0.1) is 12.2 Å². The van der Waals surface area contributed by atoms with Crippen molar-refractivity contribution in [3.05, 3.63) is 17.8 Å². The molecule has 0 spiro atoms. The molecule has 1 saturated heterocycles. The fourth-order valence-corrected chi connectivity index (χ4v) is 2.38. The van der Waals surface area contributed by atoms with Gasteiger partial charge in [0, 0.05) is 6.04 Å². The molecule has 0 aliphatic carbocycles. The highest BCUT2D eigenvalue weighted by Crippen LogP contribution is 2.32. The maximum atomic E-state index is 10.6. The largest absolute Gasteiger partial charge is 0.481 e. The lowest BCUT2D eigenvalue weighted by Gasteiger charge is -2.25. The molecular weight excluding hydrogens is 220 g/mol. The topological polar surface area (TPSA) is 66.6 Å². The monoisotopic (exact) mass is 238 g/mol. The fourth-order valence-electron chi connectivity index (χ4n) is 2.38. The SMILES string of the molecule is CC(C)N1CCCC1c1ncc(CC(=O)O)o1. The molecule has 0 radical (unpaired) electrons. The molecule has 1 aliphatic heterocycles. The summed E-state index contributed by atoms with van der Waals surface area (Å²) in [5.41, 5.74) is 0. The summed E-state index contributed by atoms with van der Waals surface area (Å²) in [7, 11) is 0. The van der Waals surface area contributed by atoms with Crippen LogP contribution in [0.2, 0.25) is 0 Å². The van der Waals surface area contributed by atoms with Crippen LogP contribution in [0.25, 0.3) is 0 Å². The molecule has 1 N–H and O–H groups in total. The van der Waals surface area contributed by atoms with Gasteiger partial charge >= 0.3 is 5.97 Å². The first-order valence-electron chi connectivity index (χ1n) is 6.00. The first-order valence-corrected chi connectivity index (χ1v) is 6.00. The van der Waals surface area contributed by atoms with Crippen LogP contribution in [-0.2, 0) is 11.2 Å². The van der Waals surface area contributed by atoms with Gasteiger partial charge in [0.25, 0.3) is 0 Å². The average Bonchev–Trinajstić information content (AvgIpc) is 2.82. The third kappa shape index (κ3) is 2.66. The second kappa shape index (κ2) is 4.87. The van der Waals surface area contributed by atoms with Crippen molar-refractivity contribution in [2.24, 2.45) is 0 Å². The third-order valence-electron chi connectivity index (χ3n) is 3.14. The van der Waals surface area contributed by atoms with Crippen molar-refractivity contribution in [2.75, 3.05) is 6.54 Å². The lowest BCUT2D eigenvalue weighted by molar-refractivity contribution is -0.136. The zero-order valence-corrected chi connectivity index (χ0v) is 10.2. The Morgan fingerprint density at radius 1 is 1.71 bits per heavy atom. The van der Waals surface area contributed by atoms with E-state index in [2.05, 4.69) is 23.7 Å². The van der Waals surface area contributed by atoms with Crippen LogP contribution in [0.15, 0.2) is 10.6 Å². The number of carboxylic acids is 1. The van der Waals surface area contributed by atoms with Crippen molar-refractivity contribution in [1.82, 2.24) is 9.88 Å². The fraction of sp³-hybridized carbons (Fsp3) is 0.667. The number of aromatic nitrogens is 1. The Labute approximate surface area is 100 Å². The van der Waals surface area contributed by atoms with E-state index in [0.717, 1.165) is 19.4 Å². The molecule has 2 heterocycles. The third-order valence-corrected chi connectivity index (χ3v) is 3.14. The standard InChI is InChI=1S/C12H18N2O3/c1-8(2)14-5-3-4-10(14)12-13-7-9(17-12)6-11(15)16/h7-8,10H,3-6H2,1-2H3,(H,15,16). The molecule has 1 aromatic heterocycles. The minimum absolute atomic E-state index is 0.0958. The summed E-state index contributed by atoms with van der Waals surface area (Å²) in [6, 6.07) is 0.662. The van der Waals surface area contributed by atoms with Crippen LogP contribution in [-0.4, -0.2) is 33.5 Å². The lowest BCUT2D eigenvalue weighted by Crippen LogP contribution is -2.30. The Hall–Kier alpha value is -1.36. The predicted octanol–water partition coefficient (Wildman–Crippen LogP) is 1.85. The molecule has 1 unspecified atom stereocenters. The first-order chi connectivity index (χ1) is 8.08. The van der Waals surface area contributed by atoms with Gasteiger partial charge in [-0.15, -0.1) is 0 Å². The summed E-state index contributed by atoms with van der Waals surface area (Å²) < 4.78 is 5.53. The molecule has 0 aromatic carbocycles. The van der Waals surface area contributed by atoms with Gasteiger partial charge in [-0.2, -0.15) is 0 Å². The number of aliphatic carboxylic acids is 1. The van der Waals surface area contributed by atoms with Gasteiger partial charge in [-0.05, 0) is 33.2 Å². The Morgan fingerprint density at radius 2 is 2.47 bits per heavy atom. The van der Waals surface area contributed by atoms with Crippen molar-refractivity contribution in [3.63, 3.8) is 0 Å². The van der Waals surface area contributed by atoms with E-state index >= 15 is 0 Å². The van der Waals surface area contributed by atoms with Crippen molar-refractivity contribution in [3.8, 4) is 0 Å². The molecule has 0 amide bonds. The molecule has 1 aliphatic rings. The summed E-state index contributed by atoms with van der Waals surface area (Å²) in [5, 5.41) is 8.68. The molecule has 0 saturated carbocycles. The Balaban J connectivity index is 2.11. The number of hydrogen-bond donors (Lipinski definition) is 1. The van der Waals surface area contributed by atoms with Crippen LogP contribution in [0.4, 0.5) is 0 Å². The molecule has 94 valence electrons. The number of likely N-dealkylation sites (tertiary alicyclic amines) is 1. The Bertz CT molecular complexity index is 400. The second-order valence-corrected chi connectivity index (χ2v) is 4.72. The molecule has 1 fully saturated rings. The molecule has 5 nitrogen and oxygen atoms in total. The lowest BCUT2D eigenvalue weighted by atomic mass is 10.2. The Morgan fingerprint density at radius 3 is 3.12 bits per heavy atom. The number of hydrogen-bond acceptors (Lipinski definition) is 4. The van der Waals surface area contributed by atoms with Gasteiger partial charge in [0.1, 0.15) is 12.2 Å². The van der Waals surface area contributed by atoms with Crippen molar-refractivity contribution >= 4 is 5.97 Å². The van der Waals surface area contributed by atoms with Gasteiger partial charge in [-0.3, -0.25) is 9.69 Å². The van der Waals surface area contributed by atoms with E-state index < -0.39 is 5.97 Å². The van der Waals surface area contributed by atoms with Crippen LogP contribution in [0.5, 0.6) is 0 Å². The molecule has 5 heteroatoms. The maximum absolute atomic E-state index is 10.6. The summed E-state index contributed by atoms with van der Waals surface area (Å²) in [6.45, 7) is 5.36. The van der Waals surface area contributed by atoms with Crippen LogP contribution < -0.4 is 0 Å². The van der Waals surface area contributed by atoms with Gasteiger partial charge < -0.3 is 9.52 Å². The second-order valence-electron chi connectivity index (χ2n) is 4.72. The zero-order chi connectivity index (χ0) is 12.4. The maximum Gasteiger partial charge on any atom is 0.311 e. The summed E-state index contributed by atoms with van der Waals surface area (Å²) >= 11 is 0.